The zero-order valence-electron chi connectivity index (χ0n) is 13.5. The lowest BCUT2D eigenvalue weighted by Gasteiger charge is -2.44. The van der Waals surface area contributed by atoms with E-state index in [0.717, 1.165) is 13.0 Å². The van der Waals surface area contributed by atoms with Gasteiger partial charge in [0, 0.05) is 19.6 Å². The Labute approximate surface area is 122 Å². The minimum Gasteiger partial charge on any atom is -0.394 e. The molecule has 1 fully saturated rings. The number of rotatable bonds is 6. The number of carbonyl (C=O) groups excluding carboxylic acids is 1. The molecule has 0 aromatic rings. The van der Waals surface area contributed by atoms with Crippen molar-refractivity contribution >= 4 is 5.91 Å². The van der Waals surface area contributed by atoms with E-state index in [4.69, 9.17) is 4.74 Å². The fourth-order valence-corrected chi connectivity index (χ4v) is 2.53. The monoisotopic (exact) mass is 286 g/mol. The molecule has 0 saturated carbocycles. The molecule has 1 rings (SSSR count). The van der Waals surface area contributed by atoms with E-state index in [1.807, 2.05) is 20.8 Å². The third kappa shape index (κ3) is 5.38. The molecule has 0 bridgehead atoms. The number of carbonyl (C=O) groups is 1. The van der Waals surface area contributed by atoms with Crippen LogP contribution in [0.15, 0.2) is 0 Å². The molecular weight excluding hydrogens is 256 g/mol. The normalized spacial score (nSPS) is 24.6. The van der Waals surface area contributed by atoms with Crippen LogP contribution in [0.4, 0.5) is 0 Å². The second-order valence-corrected chi connectivity index (χ2v) is 6.76. The Bertz CT molecular complexity index is 318. The van der Waals surface area contributed by atoms with Crippen molar-refractivity contribution in [3.8, 4) is 0 Å². The van der Waals surface area contributed by atoms with Crippen LogP contribution in [0.2, 0.25) is 0 Å². The molecule has 118 valence electrons. The molecule has 0 spiro atoms. The maximum Gasteiger partial charge on any atom is 0.237 e. The van der Waals surface area contributed by atoms with E-state index in [-0.39, 0.29) is 30.3 Å². The van der Waals surface area contributed by atoms with Crippen LogP contribution in [-0.4, -0.2) is 59.9 Å². The molecule has 5 heteroatoms. The van der Waals surface area contributed by atoms with Crippen molar-refractivity contribution in [2.75, 3.05) is 26.2 Å². The second-order valence-electron chi connectivity index (χ2n) is 6.76. The summed E-state index contributed by atoms with van der Waals surface area (Å²) in [6, 6.07) is -0.195. The zero-order valence-corrected chi connectivity index (χ0v) is 13.5. The van der Waals surface area contributed by atoms with Crippen LogP contribution in [0.3, 0.4) is 0 Å². The van der Waals surface area contributed by atoms with Gasteiger partial charge in [-0.1, -0.05) is 13.8 Å². The highest BCUT2D eigenvalue weighted by Crippen LogP contribution is 2.22. The molecule has 5 nitrogen and oxygen atoms in total. The summed E-state index contributed by atoms with van der Waals surface area (Å²) in [6.45, 7) is 12.2. The van der Waals surface area contributed by atoms with Crippen molar-refractivity contribution in [3.05, 3.63) is 0 Å². The maximum atomic E-state index is 12.2. The maximum absolute atomic E-state index is 12.2. The van der Waals surface area contributed by atoms with Gasteiger partial charge in [0.1, 0.15) is 0 Å². The van der Waals surface area contributed by atoms with Crippen molar-refractivity contribution < 1.29 is 14.6 Å². The van der Waals surface area contributed by atoms with E-state index >= 15 is 0 Å². The van der Waals surface area contributed by atoms with Gasteiger partial charge in [0.15, 0.2) is 0 Å². The quantitative estimate of drug-likeness (QED) is 0.765. The summed E-state index contributed by atoms with van der Waals surface area (Å²) in [6.07, 6.45) is 0.774. The van der Waals surface area contributed by atoms with Gasteiger partial charge in [0.2, 0.25) is 5.91 Å². The lowest BCUT2D eigenvalue weighted by atomic mass is 10.0. The summed E-state index contributed by atoms with van der Waals surface area (Å²) >= 11 is 0. The lowest BCUT2D eigenvalue weighted by Crippen LogP contribution is -2.59. The average molecular weight is 286 g/mol. The number of aliphatic hydroxyl groups excluding tert-OH is 1. The number of ether oxygens (including phenoxy) is 1. The molecule has 0 aromatic heterocycles. The largest absolute Gasteiger partial charge is 0.394 e. The third-order valence-corrected chi connectivity index (χ3v) is 3.66. The van der Waals surface area contributed by atoms with Crippen molar-refractivity contribution in [1.82, 2.24) is 10.2 Å². The molecule has 2 atom stereocenters. The fraction of sp³-hybridized carbons (Fsp3) is 0.933. The molecule has 1 aliphatic heterocycles. The predicted molar refractivity (Wildman–Crippen MR) is 79.5 cm³/mol. The van der Waals surface area contributed by atoms with Crippen molar-refractivity contribution in [3.63, 3.8) is 0 Å². The Balaban J connectivity index is 2.52. The highest BCUT2D eigenvalue weighted by molar-refractivity contribution is 5.81. The van der Waals surface area contributed by atoms with Crippen molar-refractivity contribution in [2.24, 2.45) is 5.92 Å². The van der Waals surface area contributed by atoms with Crippen LogP contribution in [-0.2, 0) is 9.53 Å². The second kappa shape index (κ2) is 7.38. The Hall–Kier alpha value is -0.650. The first kappa shape index (κ1) is 17.4. The Kier molecular flexibility index (Phi) is 6.43. The Morgan fingerprint density at radius 3 is 2.65 bits per heavy atom. The van der Waals surface area contributed by atoms with Gasteiger partial charge in [-0.2, -0.15) is 0 Å². The van der Waals surface area contributed by atoms with Gasteiger partial charge in [-0.15, -0.1) is 0 Å². The molecule has 0 aromatic carbocycles. The molecular formula is C15H30N2O3. The van der Waals surface area contributed by atoms with E-state index in [2.05, 4.69) is 24.1 Å². The summed E-state index contributed by atoms with van der Waals surface area (Å²) in [7, 11) is 0. The summed E-state index contributed by atoms with van der Waals surface area (Å²) in [5.41, 5.74) is -0.335. The molecule has 1 aliphatic rings. The first-order valence-electron chi connectivity index (χ1n) is 7.55. The minimum absolute atomic E-state index is 0.0123. The minimum atomic E-state index is -0.335. The number of nitrogens with one attached hydrogen (secondary N) is 1. The summed E-state index contributed by atoms with van der Waals surface area (Å²) in [4.78, 5) is 14.3. The van der Waals surface area contributed by atoms with E-state index in [9.17, 15) is 9.90 Å². The van der Waals surface area contributed by atoms with E-state index < -0.39 is 0 Å². The van der Waals surface area contributed by atoms with Crippen molar-refractivity contribution in [1.29, 1.82) is 0 Å². The van der Waals surface area contributed by atoms with Crippen LogP contribution < -0.4 is 5.32 Å². The summed E-state index contributed by atoms with van der Waals surface area (Å²) < 4.78 is 5.77. The third-order valence-electron chi connectivity index (χ3n) is 3.66. The predicted octanol–water partition coefficient (Wildman–Crippen LogP) is 1.01. The van der Waals surface area contributed by atoms with Gasteiger partial charge in [-0.3, -0.25) is 9.69 Å². The van der Waals surface area contributed by atoms with E-state index in [1.165, 1.54) is 0 Å². The molecule has 1 heterocycles. The molecule has 2 N–H and O–H groups in total. The fourth-order valence-electron chi connectivity index (χ4n) is 2.53. The molecule has 1 saturated heterocycles. The Morgan fingerprint density at radius 1 is 1.45 bits per heavy atom. The molecule has 20 heavy (non-hydrogen) atoms. The van der Waals surface area contributed by atoms with Crippen LogP contribution in [0.1, 0.15) is 41.0 Å². The van der Waals surface area contributed by atoms with Crippen molar-refractivity contribution in [2.45, 2.75) is 58.8 Å². The standard InChI is InChI=1S/C15H30N2O3/c1-11(2)6-7-16-14(19)12(3)17-8-13(9-18)20-15(4,5)10-17/h11-13,18H,6-10H2,1-5H3,(H,16,19). The lowest BCUT2D eigenvalue weighted by molar-refractivity contribution is -0.161. The molecule has 0 aliphatic carbocycles. The van der Waals surface area contributed by atoms with Gasteiger partial charge >= 0.3 is 0 Å². The van der Waals surface area contributed by atoms with Crippen LogP contribution in [0.25, 0.3) is 0 Å². The van der Waals surface area contributed by atoms with Gasteiger partial charge in [-0.25, -0.2) is 0 Å². The number of nitrogens with zero attached hydrogens (tertiary/aromatic N) is 1. The van der Waals surface area contributed by atoms with Crippen LogP contribution in [0.5, 0.6) is 0 Å². The first-order chi connectivity index (χ1) is 9.25. The molecule has 2 unspecified atom stereocenters. The highest BCUT2D eigenvalue weighted by Gasteiger charge is 2.36. The molecule has 1 amide bonds. The molecule has 0 radical (unpaired) electrons. The van der Waals surface area contributed by atoms with Gasteiger partial charge in [-0.05, 0) is 33.1 Å². The first-order valence-corrected chi connectivity index (χ1v) is 7.55. The summed E-state index contributed by atoms with van der Waals surface area (Å²) in [5, 5.41) is 12.3. The van der Waals surface area contributed by atoms with Gasteiger partial charge in [0.25, 0.3) is 0 Å². The SMILES string of the molecule is CC(C)CCNC(=O)C(C)N1CC(CO)OC(C)(C)C1. The van der Waals surface area contributed by atoms with Crippen LogP contribution in [0, 0.1) is 5.92 Å². The highest BCUT2D eigenvalue weighted by atomic mass is 16.5. The number of amides is 1. The van der Waals surface area contributed by atoms with E-state index in [1.54, 1.807) is 0 Å². The number of morpholine rings is 1. The number of aliphatic hydroxyl groups is 1. The van der Waals surface area contributed by atoms with Gasteiger partial charge in [0.05, 0.1) is 24.4 Å². The summed E-state index contributed by atoms with van der Waals surface area (Å²) in [5.74, 6) is 0.645. The van der Waals surface area contributed by atoms with Gasteiger partial charge < -0.3 is 15.2 Å². The number of hydrogen-bond donors (Lipinski definition) is 2. The zero-order chi connectivity index (χ0) is 15.3. The van der Waals surface area contributed by atoms with Crippen LogP contribution >= 0.6 is 0 Å². The number of hydrogen-bond acceptors (Lipinski definition) is 4. The smallest absolute Gasteiger partial charge is 0.237 e. The van der Waals surface area contributed by atoms with E-state index in [0.29, 0.717) is 19.0 Å². The average Bonchev–Trinajstić information content (AvgIpc) is 2.35. The Morgan fingerprint density at radius 2 is 2.10 bits per heavy atom. The topological polar surface area (TPSA) is 61.8 Å².